The van der Waals surface area contributed by atoms with Crippen molar-refractivity contribution < 1.29 is 13.2 Å². The molecule has 0 saturated carbocycles. The van der Waals surface area contributed by atoms with E-state index in [2.05, 4.69) is 20.6 Å². The summed E-state index contributed by atoms with van der Waals surface area (Å²) in [5.74, 6) is 0.510. The van der Waals surface area contributed by atoms with Gasteiger partial charge < -0.3 is 10.6 Å². The van der Waals surface area contributed by atoms with Crippen molar-refractivity contribution in [2.75, 3.05) is 7.05 Å². The zero-order valence-corrected chi connectivity index (χ0v) is 13.6. The van der Waals surface area contributed by atoms with E-state index in [0.29, 0.717) is 18.1 Å². The van der Waals surface area contributed by atoms with Crippen LogP contribution >= 0.6 is 11.3 Å². The predicted molar refractivity (Wildman–Crippen MR) is 85.3 cm³/mol. The summed E-state index contributed by atoms with van der Waals surface area (Å²) < 4.78 is 38.0. The normalized spacial score (nSPS) is 12.3. The van der Waals surface area contributed by atoms with Crippen LogP contribution in [0.25, 0.3) is 0 Å². The van der Waals surface area contributed by atoms with Crippen molar-refractivity contribution in [1.29, 1.82) is 0 Å². The Morgan fingerprint density at radius 3 is 2.61 bits per heavy atom. The number of benzene rings is 1. The highest BCUT2D eigenvalue weighted by Gasteiger charge is 2.30. The predicted octanol–water partition coefficient (Wildman–Crippen LogP) is 3.34. The number of nitrogens with zero attached hydrogens (tertiary/aromatic N) is 2. The number of hydrogen-bond acceptors (Lipinski definition) is 3. The fourth-order valence-corrected chi connectivity index (χ4v) is 2.63. The third-order valence-electron chi connectivity index (χ3n) is 3.01. The maximum atomic E-state index is 12.7. The van der Waals surface area contributed by atoms with Crippen LogP contribution in [-0.2, 0) is 19.3 Å². The van der Waals surface area contributed by atoms with E-state index < -0.39 is 11.7 Å². The second-order valence-electron chi connectivity index (χ2n) is 4.84. The van der Waals surface area contributed by atoms with Gasteiger partial charge in [0.1, 0.15) is 5.01 Å². The van der Waals surface area contributed by atoms with E-state index in [-0.39, 0.29) is 6.54 Å². The van der Waals surface area contributed by atoms with Crippen molar-refractivity contribution in [3.63, 3.8) is 0 Å². The molecule has 4 nitrogen and oxygen atoms in total. The lowest BCUT2D eigenvalue weighted by Crippen LogP contribution is -2.36. The van der Waals surface area contributed by atoms with Gasteiger partial charge in [-0.25, -0.2) is 4.98 Å². The Morgan fingerprint density at radius 1 is 1.26 bits per heavy atom. The van der Waals surface area contributed by atoms with Crippen LogP contribution in [0.15, 0.2) is 35.5 Å². The fourth-order valence-electron chi connectivity index (χ4n) is 1.91. The first-order valence-corrected chi connectivity index (χ1v) is 7.72. The molecule has 2 N–H and O–H groups in total. The van der Waals surface area contributed by atoms with Crippen molar-refractivity contribution in [1.82, 2.24) is 15.6 Å². The highest BCUT2D eigenvalue weighted by molar-refractivity contribution is 7.11. The van der Waals surface area contributed by atoms with Gasteiger partial charge in [0.2, 0.25) is 0 Å². The lowest BCUT2D eigenvalue weighted by molar-refractivity contribution is -0.137. The topological polar surface area (TPSA) is 49.3 Å². The number of aryl methyl sites for hydroxylation is 1. The van der Waals surface area contributed by atoms with Crippen LogP contribution in [0.2, 0.25) is 0 Å². The van der Waals surface area contributed by atoms with E-state index in [4.69, 9.17) is 0 Å². The number of thiazole rings is 1. The SMILES string of the molecule is CN=C(NCc1cccc(C(F)(F)F)c1)NCc1ncc(C)s1. The van der Waals surface area contributed by atoms with E-state index in [1.165, 1.54) is 6.07 Å². The van der Waals surface area contributed by atoms with Crippen LogP contribution in [0, 0.1) is 6.92 Å². The van der Waals surface area contributed by atoms with Gasteiger partial charge in [-0.05, 0) is 24.6 Å². The van der Waals surface area contributed by atoms with Gasteiger partial charge in [-0.15, -0.1) is 11.3 Å². The molecule has 2 aromatic rings. The monoisotopic (exact) mass is 342 g/mol. The highest BCUT2D eigenvalue weighted by Crippen LogP contribution is 2.29. The molecular weight excluding hydrogens is 325 g/mol. The molecule has 0 aliphatic rings. The number of rotatable bonds is 4. The molecule has 1 aromatic heterocycles. The average molecular weight is 342 g/mol. The Morgan fingerprint density at radius 2 is 2.00 bits per heavy atom. The van der Waals surface area contributed by atoms with Crippen LogP contribution < -0.4 is 10.6 Å². The van der Waals surface area contributed by atoms with Crippen molar-refractivity contribution >= 4 is 17.3 Å². The number of aromatic nitrogens is 1. The van der Waals surface area contributed by atoms with Crippen molar-refractivity contribution in [3.8, 4) is 0 Å². The minimum atomic E-state index is -4.33. The molecule has 1 heterocycles. The Balaban J connectivity index is 1.90. The van der Waals surface area contributed by atoms with Gasteiger partial charge in [-0.1, -0.05) is 12.1 Å². The van der Waals surface area contributed by atoms with Gasteiger partial charge in [0.05, 0.1) is 12.1 Å². The number of aliphatic imine (C=N–C) groups is 1. The lowest BCUT2D eigenvalue weighted by Gasteiger charge is -2.12. The van der Waals surface area contributed by atoms with Gasteiger partial charge >= 0.3 is 6.18 Å². The van der Waals surface area contributed by atoms with Gasteiger partial charge in [-0.3, -0.25) is 4.99 Å². The van der Waals surface area contributed by atoms with Gasteiger partial charge in [0.15, 0.2) is 5.96 Å². The summed E-state index contributed by atoms with van der Waals surface area (Å²) in [6.45, 7) is 2.74. The second kappa shape index (κ2) is 7.45. The van der Waals surface area contributed by atoms with Crippen LogP contribution in [0.5, 0.6) is 0 Å². The highest BCUT2D eigenvalue weighted by atomic mass is 32.1. The maximum absolute atomic E-state index is 12.7. The van der Waals surface area contributed by atoms with Crippen LogP contribution in [0.4, 0.5) is 13.2 Å². The van der Waals surface area contributed by atoms with Gasteiger partial charge in [-0.2, -0.15) is 13.2 Å². The van der Waals surface area contributed by atoms with E-state index in [0.717, 1.165) is 22.0 Å². The smallest absolute Gasteiger partial charge is 0.352 e. The Hall–Kier alpha value is -2.09. The summed E-state index contributed by atoms with van der Waals surface area (Å²) in [5.41, 5.74) is -0.120. The molecule has 0 saturated heterocycles. The molecule has 0 unspecified atom stereocenters. The van der Waals surface area contributed by atoms with E-state index in [9.17, 15) is 13.2 Å². The largest absolute Gasteiger partial charge is 0.416 e. The summed E-state index contributed by atoms with van der Waals surface area (Å²) in [6.07, 6.45) is -2.54. The Labute approximate surface area is 136 Å². The van der Waals surface area contributed by atoms with E-state index >= 15 is 0 Å². The van der Waals surface area contributed by atoms with Crippen LogP contribution in [0.1, 0.15) is 21.0 Å². The number of hydrogen-bond donors (Lipinski definition) is 2. The molecule has 0 atom stereocenters. The van der Waals surface area contributed by atoms with E-state index in [1.54, 1.807) is 30.6 Å². The lowest BCUT2D eigenvalue weighted by atomic mass is 10.1. The molecule has 0 spiro atoms. The summed E-state index contributed by atoms with van der Waals surface area (Å²) >= 11 is 1.58. The molecule has 1 aromatic carbocycles. The Bertz CT molecular complexity index is 679. The van der Waals surface area contributed by atoms with E-state index in [1.807, 2.05) is 6.92 Å². The molecule has 23 heavy (non-hydrogen) atoms. The van der Waals surface area contributed by atoms with Crippen molar-refractivity contribution in [2.24, 2.45) is 4.99 Å². The molecular formula is C15H17F3N4S. The quantitative estimate of drug-likeness (QED) is 0.662. The molecule has 8 heteroatoms. The third-order valence-corrected chi connectivity index (χ3v) is 3.93. The Kier molecular flexibility index (Phi) is 5.59. The second-order valence-corrected chi connectivity index (χ2v) is 6.16. The molecule has 2 rings (SSSR count). The average Bonchev–Trinajstić information content (AvgIpc) is 2.92. The zero-order valence-electron chi connectivity index (χ0n) is 12.7. The molecule has 0 aliphatic carbocycles. The zero-order chi connectivity index (χ0) is 16.9. The van der Waals surface area contributed by atoms with Gasteiger partial charge in [0, 0.05) is 24.7 Å². The molecule has 124 valence electrons. The minimum absolute atomic E-state index is 0.250. The third kappa shape index (κ3) is 5.24. The van der Waals surface area contributed by atoms with Crippen LogP contribution in [0.3, 0.4) is 0 Å². The van der Waals surface area contributed by atoms with Gasteiger partial charge in [0.25, 0.3) is 0 Å². The number of halogens is 3. The first kappa shape index (κ1) is 17.3. The van der Waals surface area contributed by atoms with Crippen molar-refractivity contribution in [3.05, 3.63) is 51.5 Å². The summed E-state index contributed by atoms with van der Waals surface area (Å²) in [6, 6.07) is 5.22. The molecule has 0 fully saturated rings. The number of alkyl halides is 3. The van der Waals surface area contributed by atoms with Crippen molar-refractivity contribution in [2.45, 2.75) is 26.2 Å². The summed E-state index contributed by atoms with van der Waals surface area (Å²) in [7, 11) is 1.61. The van der Waals surface area contributed by atoms with Crippen LogP contribution in [-0.4, -0.2) is 18.0 Å². The summed E-state index contributed by atoms with van der Waals surface area (Å²) in [5, 5.41) is 6.99. The molecule has 0 bridgehead atoms. The standard InChI is InChI=1S/C15H17F3N4S/c1-10-7-20-13(23-10)9-22-14(19-2)21-8-11-4-3-5-12(6-11)15(16,17)18/h3-7H,8-9H2,1-2H3,(H2,19,21,22). The summed E-state index contributed by atoms with van der Waals surface area (Å²) in [4.78, 5) is 9.39. The fraction of sp³-hybridized carbons (Fsp3) is 0.333. The molecule has 0 amide bonds. The minimum Gasteiger partial charge on any atom is -0.352 e. The first-order chi connectivity index (χ1) is 10.9. The molecule has 0 radical (unpaired) electrons. The molecule has 0 aliphatic heterocycles. The first-order valence-electron chi connectivity index (χ1n) is 6.90. The number of nitrogens with one attached hydrogen (secondary N) is 2. The number of guanidine groups is 1. The maximum Gasteiger partial charge on any atom is 0.416 e.